The molecule has 0 rings (SSSR count). The van der Waals surface area contributed by atoms with Gasteiger partial charge in [0.2, 0.25) is 5.91 Å². The molecule has 354 valence electrons. The zero-order valence-corrected chi connectivity index (χ0v) is 40.0. The molecule has 6 nitrogen and oxygen atoms in total. The number of nitrogens with one attached hydrogen (secondary N) is 1. The highest BCUT2D eigenvalue weighted by Gasteiger charge is 2.28. The van der Waals surface area contributed by atoms with Crippen molar-refractivity contribution in [1.82, 2.24) is 5.32 Å². The number of aliphatic hydroxyl groups excluding tert-OH is 4. The molecule has 0 heterocycles. The second-order valence-electron chi connectivity index (χ2n) is 18.2. The molecule has 0 aliphatic rings. The number of hydrogen-bond acceptors (Lipinski definition) is 5. The van der Waals surface area contributed by atoms with Gasteiger partial charge in [0, 0.05) is 0 Å². The second kappa shape index (κ2) is 48.6. The summed E-state index contributed by atoms with van der Waals surface area (Å²) in [4.78, 5) is 12.5. The Morgan fingerprint density at radius 1 is 0.400 bits per heavy atom. The van der Waals surface area contributed by atoms with Crippen LogP contribution in [0.3, 0.4) is 0 Å². The lowest BCUT2D eigenvalue weighted by atomic mass is 10.00. The van der Waals surface area contributed by atoms with Crippen molar-refractivity contribution < 1.29 is 25.2 Å². The van der Waals surface area contributed by atoms with E-state index in [2.05, 4.69) is 55.6 Å². The fourth-order valence-electron chi connectivity index (χ4n) is 8.12. The summed E-state index contributed by atoms with van der Waals surface area (Å²) in [5.41, 5.74) is 0. The molecule has 0 saturated heterocycles. The second-order valence-corrected chi connectivity index (χ2v) is 18.2. The number of amides is 1. The number of aliphatic hydroxyl groups is 4. The first kappa shape index (κ1) is 58.5. The lowest BCUT2D eigenvalue weighted by Crippen LogP contribution is -2.53. The Hall–Kier alpha value is -1.47. The summed E-state index contributed by atoms with van der Waals surface area (Å²) >= 11 is 0. The van der Waals surface area contributed by atoms with Gasteiger partial charge in [0.25, 0.3) is 0 Å². The summed E-state index contributed by atoms with van der Waals surface area (Å²) in [6, 6.07) is -1.01. The minimum absolute atomic E-state index is 0.362. The summed E-state index contributed by atoms with van der Waals surface area (Å²) in [6.07, 6.45) is 59.4. The number of hydrogen-bond donors (Lipinski definition) is 5. The van der Waals surface area contributed by atoms with Crippen molar-refractivity contribution in [3.63, 3.8) is 0 Å². The van der Waals surface area contributed by atoms with Crippen LogP contribution in [0.1, 0.15) is 271 Å². The van der Waals surface area contributed by atoms with Crippen LogP contribution >= 0.6 is 0 Å². The van der Waals surface area contributed by atoms with E-state index in [1.807, 2.05) is 0 Å². The molecule has 6 heteroatoms. The molecule has 5 N–H and O–H groups in total. The Bertz CT molecular complexity index is 950. The molecule has 0 aromatic heterocycles. The maximum Gasteiger partial charge on any atom is 0.249 e. The Kier molecular flexibility index (Phi) is 47.4. The molecule has 0 aliphatic heterocycles. The van der Waals surface area contributed by atoms with Gasteiger partial charge in [-0.25, -0.2) is 0 Å². The monoisotopic (exact) mass is 846 g/mol. The third-order valence-corrected chi connectivity index (χ3v) is 12.3. The third-order valence-electron chi connectivity index (χ3n) is 12.3. The maximum absolute atomic E-state index is 12.5. The topological polar surface area (TPSA) is 110 Å². The minimum atomic E-state index is -1.29. The van der Waals surface area contributed by atoms with E-state index in [0.717, 1.165) is 44.9 Å². The summed E-state index contributed by atoms with van der Waals surface area (Å²) in [7, 11) is 0. The summed E-state index contributed by atoms with van der Waals surface area (Å²) in [5, 5.41) is 43.7. The molecule has 0 fully saturated rings. The number of carbonyl (C=O) groups is 1. The third kappa shape index (κ3) is 41.9. The first-order valence-electron chi connectivity index (χ1n) is 26.4. The van der Waals surface area contributed by atoms with Crippen LogP contribution in [0, 0.1) is 0 Å². The first-order chi connectivity index (χ1) is 29.5. The normalized spacial score (nSPS) is 14.2. The molecule has 4 unspecified atom stereocenters. The Morgan fingerprint density at radius 2 is 0.700 bits per heavy atom. The SMILES string of the molecule is CCCCC/C=C/CC/C=C/CCCC(O)C(O)C(CO)NC(=O)C(O)CCCCCCCCCCCCCCCCCC/C=C\CCCCCCCCCCCCCC. The zero-order chi connectivity index (χ0) is 43.8. The average molecular weight is 846 g/mol. The number of allylic oxidation sites excluding steroid dienone is 6. The molecule has 0 bridgehead atoms. The predicted octanol–water partition coefficient (Wildman–Crippen LogP) is 14.9. The Labute approximate surface area is 373 Å². The van der Waals surface area contributed by atoms with E-state index in [9.17, 15) is 25.2 Å². The van der Waals surface area contributed by atoms with E-state index in [1.54, 1.807) is 0 Å². The zero-order valence-electron chi connectivity index (χ0n) is 40.0. The standard InChI is InChI=1S/C54H103NO5/c1-3-5-7-9-11-13-15-17-18-19-20-21-22-23-24-25-26-27-28-29-30-31-32-33-34-35-36-38-40-42-44-46-48-52(58)54(60)55-50(49-56)53(59)51(57)47-45-43-41-39-37-16-14-12-10-8-6-4-2/h12,14,23-24,39,41,50-53,56-59H,3-11,13,15-22,25-38,40,42-49H2,1-2H3,(H,55,60)/b14-12+,24-23-,41-39+. The van der Waals surface area contributed by atoms with E-state index in [0.29, 0.717) is 19.3 Å². The molecule has 0 aromatic carbocycles. The van der Waals surface area contributed by atoms with Crippen molar-refractivity contribution in [2.45, 2.75) is 295 Å². The Morgan fingerprint density at radius 3 is 1.08 bits per heavy atom. The van der Waals surface area contributed by atoms with Gasteiger partial charge in [0.1, 0.15) is 12.2 Å². The predicted molar refractivity (Wildman–Crippen MR) is 260 cm³/mol. The highest BCUT2D eigenvalue weighted by Crippen LogP contribution is 2.17. The van der Waals surface area contributed by atoms with Gasteiger partial charge in [-0.05, 0) is 77.0 Å². The molecule has 0 aromatic rings. The van der Waals surface area contributed by atoms with Gasteiger partial charge in [-0.3, -0.25) is 4.79 Å². The van der Waals surface area contributed by atoms with Crippen LogP contribution in [-0.4, -0.2) is 57.3 Å². The highest BCUT2D eigenvalue weighted by atomic mass is 16.3. The smallest absolute Gasteiger partial charge is 0.249 e. The highest BCUT2D eigenvalue weighted by molar-refractivity contribution is 5.80. The van der Waals surface area contributed by atoms with Gasteiger partial charge < -0.3 is 25.7 Å². The van der Waals surface area contributed by atoms with Crippen LogP contribution in [0.5, 0.6) is 0 Å². The van der Waals surface area contributed by atoms with Gasteiger partial charge in [0.15, 0.2) is 0 Å². The average Bonchev–Trinajstić information content (AvgIpc) is 3.25. The van der Waals surface area contributed by atoms with Gasteiger partial charge in [-0.1, -0.05) is 230 Å². The van der Waals surface area contributed by atoms with Gasteiger partial charge in [0.05, 0.1) is 18.8 Å². The fraction of sp³-hybridized carbons (Fsp3) is 0.870. The maximum atomic E-state index is 12.5. The van der Waals surface area contributed by atoms with Gasteiger partial charge >= 0.3 is 0 Å². The summed E-state index contributed by atoms with van der Waals surface area (Å²) in [6.45, 7) is 4.01. The molecule has 0 spiro atoms. The lowest BCUT2D eigenvalue weighted by Gasteiger charge is -2.27. The van der Waals surface area contributed by atoms with E-state index >= 15 is 0 Å². The van der Waals surface area contributed by atoms with Crippen LogP contribution in [0.15, 0.2) is 36.5 Å². The van der Waals surface area contributed by atoms with Crippen molar-refractivity contribution in [3.8, 4) is 0 Å². The van der Waals surface area contributed by atoms with Crippen molar-refractivity contribution in [1.29, 1.82) is 0 Å². The van der Waals surface area contributed by atoms with E-state index in [4.69, 9.17) is 0 Å². The largest absolute Gasteiger partial charge is 0.394 e. The molecular weight excluding hydrogens is 743 g/mol. The van der Waals surface area contributed by atoms with Gasteiger partial charge in [-0.15, -0.1) is 0 Å². The van der Waals surface area contributed by atoms with Crippen LogP contribution in [0.25, 0.3) is 0 Å². The minimum Gasteiger partial charge on any atom is -0.394 e. The fourth-order valence-corrected chi connectivity index (χ4v) is 8.12. The van der Waals surface area contributed by atoms with Crippen molar-refractivity contribution in [2.24, 2.45) is 0 Å². The van der Waals surface area contributed by atoms with E-state index in [1.165, 1.54) is 193 Å². The van der Waals surface area contributed by atoms with Crippen molar-refractivity contribution in [3.05, 3.63) is 36.5 Å². The first-order valence-corrected chi connectivity index (χ1v) is 26.4. The van der Waals surface area contributed by atoms with Crippen LogP contribution in [0.2, 0.25) is 0 Å². The quantitative estimate of drug-likeness (QED) is 0.0309. The van der Waals surface area contributed by atoms with Crippen molar-refractivity contribution >= 4 is 5.91 Å². The number of carbonyl (C=O) groups excluding carboxylic acids is 1. The molecule has 60 heavy (non-hydrogen) atoms. The van der Waals surface area contributed by atoms with Crippen LogP contribution < -0.4 is 5.32 Å². The van der Waals surface area contributed by atoms with Crippen LogP contribution in [0.4, 0.5) is 0 Å². The van der Waals surface area contributed by atoms with Crippen LogP contribution in [-0.2, 0) is 4.79 Å². The summed E-state index contributed by atoms with van der Waals surface area (Å²) < 4.78 is 0. The van der Waals surface area contributed by atoms with Crippen molar-refractivity contribution in [2.75, 3.05) is 6.61 Å². The molecule has 0 aliphatic carbocycles. The van der Waals surface area contributed by atoms with E-state index < -0.39 is 36.9 Å². The molecule has 0 radical (unpaired) electrons. The molecule has 0 saturated carbocycles. The van der Waals surface area contributed by atoms with Gasteiger partial charge in [-0.2, -0.15) is 0 Å². The molecule has 1 amide bonds. The number of rotatable bonds is 48. The molecule has 4 atom stereocenters. The Balaban J connectivity index is 3.58. The molecular formula is C54H103NO5. The number of unbranched alkanes of at least 4 members (excludes halogenated alkanes) is 33. The van der Waals surface area contributed by atoms with E-state index in [-0.39, 0.29) is 0 Å². The lowest BCUT2D eigenvalue weighted by molar-refractivity contribution is -0.132. The summed E-state index contributed by atoms with van der Waals surface area (Å²) in [5.74, 6) is -0.596.